The van der Waals surface area contributed by atoms with E-state index in [4.69, 9.17) is 9.90 Å². The van der Waals surface area contributed by atoms with E-state index in [1.54, 1.807) is 11.1 Å². The molecule has 0 radical (unpaired) electrons. The number of amides is 2. The van der Waals surface area contributed by atoms with Crippen LogP contribution in [0.25, 0.3) is 0 Å². The molecule has 0 saturated carbocycles. The summed E-state index contributed by atoms with van der Waals surface area (Å²) in [5, 5.41) is 17.3. The van der Waals surface area contributed by atoms with Crippen molar-refractivity contribution in [3.05, 3.63) is 24.0 Å². The summed E-state index contributed by atoms with van der Waals surface area (Å²) in [4.78, 5) is 24.1. The van der Waals surface area contributed by atoms with Crippen molar-refractivity contribution in [2.45, 2.75) is 66.2 Å². The zero-order valence-electron chi connectivity index (χ0n) is 17.6. The van der Waals surface area contributed by atoms with Gasteiger partial charge < -0.3 is 20.8 Å². The largest absolute Gasteiger partial charge is 0.506 e. The molecular weight excluding hydrogens is 346 g/mol. The molecule has 7 nitrogen and oxygen atoms in total. The number of carbonyl (C=O) groups is 2. The van der Waals surface area contributed by atoms with E-state index in [-0.39, 0.29) is 12.2 Å². The van der Waals surface area contributed by atoms with E-state index in [1.807, 2.05) is 33.8 Å². The van der Waals surface area contributed by atoms with E-state index in [0.717, 1.165) is 37.9 Å². The van der Waals surface area contributed by atoms with E-state index >= 15 is 0 Å². The number of aromatic hydroxyl groups is 1. The lowest BCUT2D eigenvalue weighted by Gasteiger charge is -2.05. The van der Waals surface area contributed by atoms with Crippen molar-refractivity contribution in [2.75, 3.05) is 19.7 Å². The molecule has 7 heteroatoms. The summed E-state index contributed by atoms with van der Waals surface area (Å²) < 4.78 is 0. The Bertz CT molecular complexity index is 435. The van der Waals surface area contributed by atoms with Crippen LogP contribution in [0.3, 0.4) is 0 Å². The molecule has 27 heavy (non-hydrogen) atoms. The highest BCUT2D eigenvalue weighted by Gasteiger charge is 2.06. The van der Waals surface area contributed by atoms with E-state index in [1.165, 1.54) is 19.0 Å². The number of nitrogens with two attached hydrogens (primary N) is 1. The molecule has 0 aromatic carbocycles. The quantitative estimate of drug-likeness (QED) is 0.689. The van der Waals surface area contributed by atoms with Crippen LogP contribution in [0.2, 0.25) is 0 Å². The fraction of sp³-hybridized carbons (Fsp3) is 0.650. The molecule has 158 valence electrons. The third-order valence-electron chi connectivity index (χ3n) is 3.26. The van der Waals surface area contributed by atoms with Gasteiger partial charge in [-0.25, -0.2) is 0 Å². The lowest BCUT2D eigenvalue weighted by Crippen LogP contribution is -2.15. The summed E-state index contributed by atoms with van der Waals surface area (Å²) in [6.07, 6.45) is 8.76. The molecule has 2 heterocycles. The third-order valence-corrected chi connectivity index (χ3v) is 3.26. The molecule has 0 aliphatic carbocycles. The van der Waals surface area contributed by atoms with Crippen LogP contribution < -0.4 is 5.73 Å². The Morgan fingerprint density at radius 3 is 2.00 bits per heavy atom. The van der Waals surface area contributed by atoms with E-state index in [9.17, 15) is 9.90 Å². The second kappa shape index (κ2) is 23.9. The molecule has 0 atom stereocenters. The van der Waals surface area contributed by atoms with Gasteiger partial charge in [0.1, 0.15) is 5.75 Å². The first-order valence-corrected chi connectivity index (χ1v) is 9.56. The van der Waals surface area contributed by atoms with Crippen molar-refractivity contribution in [1.29, 1.82) is 0 Å². The minimum Gasteiger partial charge on any atom is -0.506 e. The van der Waals surface area contributed by atoms with Crippen LogP contribution in [0.5, 0.6) is 5.75 Å². The summed E-state index contributed by atoms with van der Waals surface area (Å²) in [6.45, 7) is 12.4. The second-order valence-electron chi connectivity index (χ2n) is 5.65. The third kappa shape index (κ3) is 20.0. The van der Waals surface area contributed by atoms with Crippen LogP contribution in [-0.4, -0.2) is 52.6 Å². The minimum atomic E-state index is 0.250. The molecule has 1 aromatic heterocycles. The normalized spacial score (nSPS) is 11.3. The summed E-state index contributed by atoms with van der Waals surface area (Å²) in [6, 6.07) is 1.83. The van der Waals surface area contributed by atoms with Crippen molar-refractivity contribution in [3.63, 3.8) is 0 Å². The lowest BCUT2D eigenvalue weighted by molar-refractivity contribution is -0.117. The molecule has 0 unspecified atom stereocenters. The van der Waals surface area contributed by atoms with Gasteiger partial charge in [-0.1, -0.05) is 41.0 Å². The number of pyridine rings is 1. The Morgan fingerprint density at radius 1 is 1.26 bits per heavy atom. The summed E-state index contributed by atoms with van der Waals surface area (Å²) in [7, 11) is 0. The van der Waals surface area contributed by atoms with E-state index in [0.29, 0.717) is 12.5 Å². The van der Waals surface area contributed by atoms with Gasteiger partial charge in [0.05, 0.1) is 6.20 Å². The fourth-order valence-electron chi connectivity index (χ4n) is 1.89. The first kappa shape index (κ1) is 29.6. The average molecular weight is 386 g/mol. The number of hydrogen-bond acceptors (Lipinski definition) is 5. The number of aliphatic hydroxyl groups is 1. The SMILES string of the molecule is CC.CC(C)c1ccncc1O.CCCCO.NC=O.O=CN1CCCC1. The molecule has 0 spiro atoms. The molecule has 1 aromatic rings. The van der Waals surface area contributed by atoms with Gasteiger partial charge in [-0.15, -0.1) is 0 Å². The van der Waals surface area contributed by atoms with Gasteiger partial charge in [0, 0.05) is 25.9 Å². The molecule has 4 N–H and O–H groups in total. The average Bonchev–Trinajstić information content (AvgIpc) is 3.20. The highest BCUT2D eigenvalue weighted by atomic mass is 16.3. The first-order valence-electron chi connectivity index (χ1n) is 9.56. The van der Waals surface area contributed by atoms with Gasteiger partial charge in [-0.3, -0.25) is 14.6 Å². The minimum absolute atomic E-state index is 0.250. The molecular formula is C20H39N3O4. The Morgan fingerprint density at radius 2 is 1.78 bits per heavy atom. The predicted octanol–water partition coefficient (Wildman–Crippen LogP) is 3.06. The van der Waals surface area contributed by atoms with Crippen molar-refractivity contribution < 1.29 is 19.8 Å². The maximum absolute atomic E-state index is 9.93. The van der Waals surface area contributed by atoms with Crippen LogP contribution in [0.4, 0.5) is 0 Å². The Balaban J connectivity index is -0.000000298. The standard InChI is InChI=1S/C8H11NO.C5H9NO.C4H10O.C2H6.CH3NO/c1-6(2)7-3-4-9-5-8(7)10;7-5-6-3-1-2-4-6;1-2-3-4-5;1-2;2-1-3/h3-6,10H,1-2H3;5H,1-4H2;5H,2-4H2,1H3;1-2H3;1H,(H2,2,3). The van der Waals surface area contributed by atoms with Crippen LogP contribution in [0, 0.1) is 0 Å². The Labute approximate surface area is 164 Å². The van der Waals surface area contributed by atoms with Crippen molar-refractivity contribution in [1.82, 2.24) is 9.88 Å². The highest BCUT2D eigenvalue weighted by molar-refractivity contribution is 5.47. The summed E-state index contributed by atoms with van der Waals surface area (Å²) in [5.74, 6) is 0.653. The van der Waals surface area contributed by atoms with Crippen LogP contribution in [0.15, 0.2) is 18.5 Å². The molecule has 1 aliphatic heterocycles. The smallest absolute Gasteiger partial charge is 0.209 e. The maximum Gasteiger partial charge on any atom is 0.209 e. The van der Waals surface area contributed by atoms with Crippen molar-refractivity contribution in [3.8, 4) is 5.75 Å². The number of primary amides is 1. The number of aromatic nitrogens is 1. The summed E-state index contributed by atoms with van der Waals surface area (Å²) in [5.41, 5.74) is 5.12. The zero-order chi connectivity index (χ0) is 21.5. The predicted molar refractivity (Wildman–Crippen MR) is 110 cm³/mol. The van der Waals surface area contributed by atoms with Crippen LogP contribution in [-0.2, 0) is 9.59 Å². The lowest BCUT2D eigenvalue weighted by atomic mass is 10.0. The van der Waals surface area contributed by atoms with Gasteiger partial charge in [-0.2, -0.15) is 0 Å². The number of carbonyl (C=O) groups excluding carboxylic acids is 2. The Hall–Kier alpha value is -2.15. The molecule has 2 amide bonds. The molecule has 1 fully saturated rings. The highest BCUT2D eigenvalue weighted by Crippen LogP contribution is 2.22. The van der Waals surface area contributed by atoms with Crippen molar-refractivity contribution >= 4 is 12.8 Å². The van der Waals surface area contributed by atoms with Gasteiger partial charge in [0.2, 0.25) is 12.8 Å². The second-order valence-corrected chi connectivity index (χ2v) is 5.65. The molecule has 0 bridgehead atoms. The van der Waals surface area contributed by atoms with E-state index in [2.05, 4.69) is 17.6 Å². The van der Waals surface area contributed by atoms with Gasteiger partial charge in [0.15, 0.2) is 0 Å². The van der Waals surface area contributed by atoms with Crippen LogP contribution >= 0.6 is 0 Å². The first-order chi connectivity index (χ1) is 13.0. The number of hydrogen-bond donors (Lipinski definition) is 3. The number of unbranched alkanes of at least 4 members (excludes halogenated alkanes) is 1. The Kier molecular flexibility index (Phi) is 26.2. The van der Waals surface area contributed by atoms with Gasteiger partial charge in [-0.05, 0) is 36.8 Å². The number of likely N-dealkylation sites (tertiary alicyclic amines) is 1. The van der Waals surface area contributed by atoms with Crippen LogP contribution in [0.1, 0.15) is 71.8 Å². The summed E-state index contributed by atoms with van der Waals surface area (Å²) >= 11 is 0. The molecule has 1 saturated heterocycles. The monoisotopic (exact) mass is 385 g/mol. The van der Waals surface area contributed by atoms with Gasteiger partial charge >= 0.3 is 0 Å². The molecule has 1 aliphatic rings. The topological polar surface area (TPSA) is 117 Å². The maximum atomic E-state index is 9.93. The zero-order valence-corrected chi connectivity index (χ0v) is 17.6. The number of rotatable bonds is 4. The van der Waals surface area contributed by atoms with E-state index < -0.39 is 0 Å². The fourth-order valence-corrected chi connectivity index (χ4v) is 1.89. The van der Waals surface area contributed by atoms with Crippen molar-refractivity contribution in [2.24, 2.45) is 5.73 Å². The number of aliphatic hydroxyl groups excluding tert-OH is 1. The van der Waals surface area contributed by atoms with Gasteiger partial charge in [0.25, 0.3) is 0 Å². The molecule has 2 rings (SSSR count). The number of nitrogens with zero attached hydrogens (tertiary/aromatic N) is 2.